The summed E-state index contributed by atoms with van der Waals surface area (Å²) in [6.45, 7) is 0. The Balaban J connectivity index is 2.37. The summed E-state index contributed by atoms with van der Waals surface area (Å²) in [5.74, 6) is -0.702. The molecule has 2 rings (SSSR count). The van der Waals surface area contributed by atoms with Gasteiger partial charge in [-0.2, -0.15) is 0 Å². The zero-order valence-electron chi connectivity index (χ0n) is 14.6. The van der Waals surface area contributed by atoms with E-state index >= 15 is 0 Å². The van der Waals surface area contributed by atoms with Crippen LogP contribution in [-0.2, 0) is 21.1 Å². The van der Waals surface area contributed by atoms with Gasteiger partial charge in [0.15, 0.2) is 15.8 Å². The Morgan fingerprint density at radius 1 is 1.23 bits per heavy atom. The Morgan fingerprint density at radius 3 is 2.46 bits per heavy atom. The summed E-state index contributed by atoms with van der Waals surface area (Å²) in [5, 5.41) is -0.994. The maximum atomic E-state index is 13.4. The van der Waals surface area contributed by atoms with E-state index in [1.807, 2.05) is 36.4 Å². The minimum atomic E-state index is -4.02. The van der Waals surface area contributed by atoms with Crippen LogP contribution in [0, 0.1) is 5.41 Å². The molecule has 7 heteroatoms. The molecule has 1 aromatic carbocycles. The van der Waals surface area contributed by atoms with Gasteiger partial charge >= 0.3 is 0 Å². The predicted octanol–water partition coefficient (Wildman–Crippen LogP) is 2.03. The average molecular weight is 380 g/mol. The number of hydrogen-bond donors (Lipinski definition) is 2. The van der Waals surface area contributed by atoms with Gasteiger partial charge < -0.3 is 11.5 Å². The highest BCUT2D eigenvalue weighted by Gasteiger charge is 2.45. The molecule has 0 heterocycles. The quantitative estimate of drug-likeness (QED) is 0.684. The van der Waals surface area contributed by atoms with E-state index in [1.54, 1.807) is 18.2 Å². The molecule has 0 bridgehead atoms. The third-order valence-corrected chi connectivity index (χ3v) is 6.78. The molecule has 5 nitrogen and oxygen atoms in total. The first-order valence-electron chi connectivity index (χ1n) is 8.51. The van der Waals surface area contributed by atoms with Gasteiger partial charge in [-0.1, -0.05) is 54.6 Å². The zero-order valence-corrected chi connectivity index (χ0v) is 15.4. The summed E-state index contributed by atoms with van der Waals surface area (Å²) in [6, 6.07) is 6.97. The molecule has 4 N–H and O–H groups in total. The molecule has 142 valence electrons. The van der Waals surface area contributed by atoms with Crippen LogP contribution in [0.25, 0.3) is 0 Å². The Kier molecular flexibility index (Phi) is 6.72. The lowest BCUT2D eigenvalue weighted by Crippen LogP contribution is -2.48. The van der Waals surface area contributed by atoms with Crippen LogP contribution in [-0.4, -0.2) is 31.6 Å². The monoisotopic (exact) mass is 380 g/mol. The van der Waals surface area contributed by atoms with Crippen molar-refractivity contribution >= 4 is 15.7 Å². The number of carbonyl (C=O) groups excluding carboxylic acids is 1. The largest absolute Gasteiger partial charge is 0.368 e. The fourth-order valence-corrected chi connectivity index (χ4v) is 5.17. The molecule has 0 saturated carbocycles. The number of alkyl halides is 1. The van der Waals surface area contributed by atoms with E-state index in [9.17, 15) is 17.6 Å². The summed E-state index contributed by atoms with van der Waals surface area (Å²) in [7, 11) is -4.02. The van der Waals surface area contributed by atoms with E-state index in [0.717, 1.165) is 5.56 Å². The van der Waals surface area contributed by atoms with Crippen molar-refractivity contribution in [2.45, 2.75) is 37.0 Å². The lowest BCUT2D eigenvalue weighted by Gasteiger charge is -2.39. The van der Waals surface area contributed by atoms with Crippen LogP contribution >= 0.6 is 0 Å². The second kappa shape index (κ2) is 8.60. The highest BCUT2D eigenvalue weighted by Crippen LogP contribution is 2.42. The van der Waals surface area contributed by atoms with Crippen molar-refractivity contribution in [1.82, 2.24) is 0 Å². The van der Waals surface area contributed by atoms with E-state index in [-0.39, 0.29) is 12.8 Å². The molecule has 0 radical (unpaired) electrons. The Bertz CT molecular complexity index is 777. The second-order valence-electron chi connectivity index (χ2n) is 6.72. The van der Waals surface area contributed by atoms with Gasteiger partial charge in [-0.3, -0.25) is 4.79 Å². The topological polar surface area (TPSA) is 103 Å². The third-order valence-electron chi connectivity index (χ3n) is 4.90. The Hall–Kier alpha value is -1.99. The minimum absolute atomic E-state index is 0.0574. The van der Waals surface area contributed by atoms with Gasteiger partial charge in [-0.15, -0.1) is 0 Å². The van der Waals surface area contributed by atoms with Crippen molar-refractivity contribution in [1.29, 1.82) is 0 Å². The normalized spacial score (nSPS) is 22.1. The summed E-state index contributed by atoms with van der Waals surface area (Å²) < 4.78 is 38.6. The molecule has 1 amide bonds. The fourth-order valence-electron chi connectivity index (χ4n) is 3.56. The molecule has 0 fully saturated rings. The van der Waals surface area contributed by atoms with Crippen LogP contribution in [0.2, 0.25) is 0 Å². The Labute approximate surface area is 153 Å². The third kappa shape index (κ3) is 4.80. The van der Waals surface area contributed by atoms with Gasteiger partial charge in [-0.25, -0.2) is 12.8 Å². The number of allylic oxidation sites excluding steroid dienone is 4. The van der Waals surface area contributed by atoms with Crippen molar-refractivity contribution in [3.8, 4) is 0 Å². The molecule has 0 spiro atoms. The van der Waals surface area contributed by atoms with E-state index in [4.69, 9.17) is 11.5 Å². The number of hydrogen-bond acceptors (Lipinski definition) is 4. The molecule has 1 aliphatic carbocycles. The van der Waals surface area contributed by atoms with E-state index in [2.05, 4.69) is 0 Å². The van der Waals surface area contributed by atoms with E-state index in [0.29, 0.717) is 12.8 Å². The zero-order chi connectivity index (χ0) is 19.2. The molecule has 0 saturated heterocycles. The second-order valence-corrected chi connectivity index (χ2v) is 8.84. The molecular weight excluding hydrogens is 355 g/mol. The number of carbonyl (C=O) groups is 1. The molecule has 0 aromatic heterocycles. The van der Waals surface area contributed by atoms with Crippen LogP contribution in [0.3, 0.4) is 0 Å². The van der Waals surface area contributed by atoms with Gasteiger partial charge in [0, 0.05) is 5.41 Å². The number of rotatable bonds is 9. The van der Waals surface area contributed by atoms with Crippen molar-refractivity contribution in [3.63, 3.8) is 0 Å². The molecule has 3 atom stereocenters. The van der Waals surface area contributed by atoms with Gasteiger partial charge in [0.05, 0.1) is 11.3 Å². The number of primary amides is 1. The maximum Gasteiger partial charge on any atom is 0.234 e. The molecule has 1 aromatic rings. The van der Waals surface area contributed by atoms with Gasteiger partial charge in [0.2, 0.25) is 5.91 Å². The van der Waals surface area contributed by atoms with Crippen LogP contribution < -0.4 is 11.5 Å². The SMILES string of the molecule is NC(=O)[C@@H](N)CC1(C(CCc2ccccc2)S(=O)(=O)CF)C=CC=CC1. The van der Waals surface area contributed by atoms with Crippen LogP contribution in [0.4, 0.5) is 4.39 Å². The van der Waals surface area contributed by atoms with Crippen molar-refractivity contribution in [3.05, 3.63) is 60.2 Å². The lowest BCUT2D eigenvalue weighted by atomic mass is 9.72. The first-order chi connectivity index (χ1) is 12.3. The highest BCUT2D eigenvalue weighted by molar-refractivity contribution is 7.91. The van der Waals surface area contributed by atoms with Gasteiger partial charge in [0.25, 0.3) is 0 Å². The van der Waals surface area contributed by atoms with Gasteiger partial charge in [-0.05, 0) is 31.2 Å². The standard InChI is InChI=1S/C19H25FN2O3S/c20-14-26(24,25)17(10-9-15-7-3-1-4-8-15)19(11-5-2-6-12-19)13-16(21)18(22)23/h1-8,11,16-17H,9-10,12-14,21H2,(H2,22,23)/t16-,17?,19?/m0/s1. The van der Waals surface area contributed by atoms with E-state index < -0.39 is 38.5 Å². The first kappa shape index (κ1) is 20.3. The maximum absolute atomic E-state index is 13.4. The summed E-state index contributed by atoms with van der Waals surface area (Å²) >= 11 is 0. The van der Waals surface area contributed by atoms with Crippen LogP contribution in [0.15, 0.2) is 54.6 Å². The van der Waals surface area contributed by atoms with Crippen LogP contribution in [0.1, 0.15) is 24.8 Å². The van der Waals surface area contributed by atoms with Crippen molar-refractivity contribution in [2.24, 2.45) is 16.9 Å². The molecule has 1 aliphatic rings. The molecular formula is C19H25FN2O3S. The molecule has 0 aliphatic heterocycles. The molecule has 26 heavy (non-hydrogen) atoms. The lowest BCUT2D eigenvalue weighted by molar-refractivity contribution is -0.119. The van der Waals surface area contributed by atoms with Crippen LogP contribution in [0.5, 0.6) is 0 Å². The summed E-state index contributed by atoms with van der Waals surface area (Å²) in [4.78, 5) is 11.5. The van der Waals surface area contributed by atoms with Crippen molar-refractivity contribution < 1.29 is 17.6 Å². The molecule has 2 unspecified atom stereocenters. The highest BCUT2D eigenvalue weighted by atomic mass is 32.2. The summed E-state index contributed by atoms with van der Waals surface area (Å²) in [6.07, 6.45) is 8.21. The average Bonchev–Trinajstić information content (AvgIpc) is 2.63. The summed E-state index contributed by atoms with van der Waals surface area (Å²) in [5.41, 5.74) is 11.1. The Morgan fingerprint density at radius 2 is 1.92 bits per heavy atom. The number of halogens is 1. The van der Waals surface area contributed by atoms with Gasteiger partial charge in [0.1, 0.15) is 0 Å². The predicted molar refractivity (Wildman–Crippen MR) is 101 cm³/mol. The van der Waals surface area contributed by atoms with Crippen molar-refractivity contribution in [2.75, 3.05) is 6.01 Å². The van der Waals surface area contributed by atoms with E-state index in [1.165, 1.54) is 0 Å². The number of benzene rings is 1. The first-order valence-corrected chi connectivity index (χ1v) is 10.2. The number of nitrogens with two attached hydrogens (primary N) is 2. The number of sulfone groups is 1. The number of amides is 1. The minimum Gasteiger partial charge on any atom is -0.368 e. The number of aryl methyl sites for hydroxylation is 1. The fraction of sp³-hybridized carbons (Fsp3) is 0.421. The smallest absolute Gasteiger partial charge is 0.234 e.